The molecule has 3 aromatic carbocycles. The van der Waals surface area contributed by atoms with E-state index in [0.717, 1.165) is 33.6 Å². The molecule has 0 saturated heterocycles. The number of benzene rings is 3. The molecule has 0 spiro atoms. The lowest BCUT2D eigenvalue weighted by Crippen LogP contribution is -1.83. The van der Waals surface area contributed by atoms with Crippen LogP contribution in [-0.2, 0) is 0 Å². The van der Waals surface area contributed by atoms with Gasteiger partial charge in [0.15, 0.2) is 0 Å². The summed E-state index contributed by atoms with van der Waals surface area (Å²) in [7, 11) is 0. The minimum atomic E-state index is 0.894. The van der Waals surface area contributed by atoms with E-state index in [9.17, 15) is 0 Å². The Balaban J connectivity index is 1.56. The summed E-state index contributed by atoms with van der Waals surface area (Å²) in [5, 5.41) is 1.11. The molecule has 27 heavy (non-hydrogen) atoms. The molecule has 128 valence electrons. The van der Waals surface area contributed by atoms with Crippen molar-refractivity contribution in [3.8, 4) is 33.7 Å². The Labute approximate surface area is 157 Å². The number of aromatic nitrogens is 1. The van der Waals surface area contributed by atoms with E-state index in [1.54, 1.807) is 0 Å². The highest BCUT2D eigenvalue weighted by molar-refractivity contribution is 5.87. The second kappa shape index (κ2) is 6.58. The molecule has 0 radical (unpaired) electrons. The fourth-order valence-corrected chi connectivity index (χ4v) is 3.36. The lowest BCUT2D eigenvalue weighted by molar-refractivity contribution is 0.631. The Morgan fingerprint density at radius 1 is 0.556 bits per heavy atom. The topological polar surface area (TPSA) is 26.0 Å². The average Bonchev–Trinajstić information content (AvgIpc) is 3.19. The third-order valence-corrected chi connectivity index (χ3v) is 4.73. The summed E-state index contributed by atoms with van der Waals surface area (Å²) in [6, 6.07) is 33.1. The van der Waals surface area contributed by atoms with E-state index < -0.39 is 0 Å². The summed E-state index contributed by atoms with van der Waals surface area (Å²) in [6.45, 7) is 0. The van der Waals surface area contributed by atoms with Gasteiger partial charge in [0.1, 0.15) is 11.3 Å². The van der Waals surface area contributed by atoms with Crippen LogP contribution in [0.15, 0.2) is 108 Å². The van der Waals surface area contributed by atoms with Gasteiger partial charge in [0.25, 0.3) is 0 Å². The molecule has 0 unspecified atom stereocenters. The summed E-state index contributed by atoms with van der Waals surface area (Å²) in [5.74, 6) is 0.894. The van der Waals surface area contributed by atoms with Gasteiger partial charge in [-0.3, -0.25) is 4.98 Å². The minimum absolute atomic E-state index is 0.894. The van der Waals surface area contributed by atoms with Crippen LogP contribution < -0.4 is 0 Å². The van der Waals surface area contributed by atoms with E-state index in [-0.39, 0.29) is 0 Å². The van der Waals surface area contributed by atoms with Crippen LogP contribution in [0.2, 0.25) is 0 Å². The zero-order valence-electron chi connectivity index (χ0n) is 14.7. The highest BCUT2D eigenvalue weighted by Gasteiger charge is 2.08. The predicted octanol–water partition coefficient (Wildman–Crippen LogP) is 6.83. The first-order chi connectivity index (χ1) is 13.4. The predicted molar refractivity (Wildman–Crippen MR) is 110 cm³/mol. The largest absolute Gasteiger partial charge is 0.456 e. The number of rotatable bonds is 3. The lowest BCUT2D eigenvalue weighted by atomic mass is 10.0. The number of furan rings is 1. The molecule has 2 heterocycles. The van der Waals surface area contributed by atoms with Crippen molar-refractivity contribution in [2.24, 2.45) is 0 Å². The Bertz CT molecular complexity index is 1210. The molecule has 0 amide bonds. The van der Waals surface area contributed by atoms with Gasteiger partial charge in [0, 0.05) is 22.7 Å². The van der Waals surface area contributed by atoms with Gasteiger partial charge in [0.05, 0.1) is 5.69 Å². The van der Waals surface area contributed by atoms with E-state index in [0.29, 0.717) is 0 Å². The Morgan fingerprint density at radius 2 is 1.33 bits per heavy atom. The second-order valence-electron chi connectivity index (χ2n) is 6.53. The van der Waals surface area contributed by atoms with Gasteiger partial charge < -0.3 is 4.42 Å². The molecule has 2 heteroatoms. The Morgan fingerprint density at radius 3 is 2.19 bits per heavy atom. The smallest absolute Gasteiger partial charge is 0.135 e. The Kier molecular flexibility index (Phi) is 3.80. The molecule has 2 nitrogen and oxygen atoms in total. The standard InChI is InChI=1S/C25H17NO/c1-2-7-18(8-3-1)25-17-22-16-20(12-13-24(22)27-25)19-9-6-10-21(15-19)23-11-4-5-14-26-23/h1-17H. The number of pyridine rings is 1. The van der Waals surface area contributed by atoms with Crippen molar-refractivity contribution < 1.29 is 4.42 Å². The van der Waals surface area contributed by atoms with E-state index in [1.165, 1.54) is 11.1 Å². The van der Waals surface area contributed by atoms with Crippen LogP contribution in [0.4, 0.5) is 0 Å². The van der Waals surface area contributed by atoms with E-state index >= 15 is 0 Å². The highest BCUT2D eigenvalue weighted by atomic mass is 16.3. The van der Waals surface area contributed by atoms with Crippen molar-refractivity contribution in [3.05, 3.63) is 103 Å². The molecule has 0 atom stereocenters. The van der Waals surface area contributed by atoms with Crippen LogP contribution in [0.5, 0.6) is 0 Å². The van der Waals surface area contributed by atoms with E-state index in [2.05, 4.69) is 59.6 Å². The molecule has 0 saturated carbocycles. The number of hydrogen-bond acceptors (Lipinski definition) is 2. The molecular formula is C25H17NO. The Hall–Kier alpha value is -3.65. The first kappa shape index (κ1) is 15.6. The van der Waals surface area contributed by atoms with Gasteiger partial charge in [-0.1, -0.05) is 60.7 Å². The molecule has 0 aliphatic rings. The maximum absolute atomic E-state index is 6.03. The third-order valence-electron chi connectivity index (χ3n) is 4.73. The summed E-state index contributed by atoms with van der Waals surface area (Å²) >= 11 is 0. The first-order valence-electron chi connectivity index (χ1n) is 8.98. The second-order valence-corrected chi connectivity index (χ2v) is 6.53. The maximum atomic E-state index is 6.03. The molecule has 0 bridgehead atoms. The fourth-order valence-electron chi connectivity index (χ4n) is 3.36. The highest BCUT2D eigenvalue weighted by Crippen LogP contribution is 2.32. The minimum Gasteiger partial charge on any atom is -0.456 e. The SMILES string of the molecule is c1ccc(-c2cc3cc(-c4cccc(-c5ccccn5)c4)ccc3o2)cc1. The molecule has 5 rings (SSSR count). The number of hydrogen-bond donors (Lipinski definition) is 0. The zero-order valence-corrected chi connectivity index (χ0v) is 14.7. The third kappa shape index (κ3) is 3.02. The van der Waals surface area contributed by atoms with E-state index in [4.69, 9.17) is 4.42 Å². The average molecular weight is 347 g/mol. The van der Waals surface area contributed by atoms with Crippen LogP contribution in [0.25, 0.3) is 44.7 Å². The zero-order chi connectivity index (χ0) is 18.1. The summed E-state index contributed by atoms with van der Waals surface area (Å²) in [6.07, 6.45) is 1.82. The monoisotopic (exact) mass is 347 g/mol. The van der Waals surface area contributed by atoms with Crippen molar-refractivity contribution in [1.29, 1.82) is 0 Å². The molecule has 0 fully saturated rings. The molecular weight excluding hydrogens is 330 g/mol. The summed E-state index contributed by atoms with van der Waals surface area (Å²) in [4.78, 5) is 4.46. The van der Waals surface area contributed by atoms with Crippen LogP contribution in [0.3, 0.4) is 0 Å². The van der Waals surface area contributed by atoms with Crippen molar-refractivity contribution in [3.63, 3.8) is 0 Å². The normalized spacial score (nSPS) is 11.0. The number of fused-ring (bicyclic) bond motifs is 1. The lowest BCUT2D eigenvalue weighted by Gasteiger charge is -2.05. The van der Waals surface area contributed by atoms with Crippen LogP contribution in [-0.4, -0.2) is 4.98 Å². The van der Waals surface area contributed by atoms with Gasteiger partial charge in [-0.05, 0) is 47.5 Å². The van der Waals surface area contributed by atoms with Gasteiger partial charge in [-0.15, -0.1) is 0 Å². The van der Waals surface area contributed by atoms with Gasteiger partial charge >= 0.3 is 0 Å². The van der Waals surface area contributed by atoms with Crippen molar-refractivity contribution in [1.82, 2.24) is 4.98 Å². The van der Waals surface area contributed by atoms with Gasteiger partial charge in [0.2, 0.25) is 0 Å². The van der Waals surface area contributed by atoms with Crippen LogP contribution >= 0.6 is 0 Å². The summed E-state index contributed by atoms with van der Waals surface area (Å²) in [5.41, 5.74) is 6.43. The van der Waals surface area contributed by atoms with Gasteiger partial charge in [-0.25, -0.2) is 0 Å². The maximum Gasteiger partial charge on any atom is 0.135 e. The van der Waals surface area contributed by atoms with Crippen LogP contribution in [0, 0.1) is 0 Å². The van der Waals surface area contributed by atoms with Crippen molar-refractivity contribution >= 4 is 11.0 Å². The van der Waals surface area contributed by atoms with Crippen molar-refractivity contribution in [2.45, 2.75) is 0 Å². The van der Waals surface area contributed by atoms with Crippen molar-refractivity contribution in [2.75, 3.05) is 0 Å². The van der Waals surface area contributed by atoms with Gasteiger partial charge in [-0.2, -0.15) is 0 Å². The fraction of sp³-hybridized carbons (Fsp3) is 0. The molecule has 0 N–H and O–H groups in total. The number of nitrogens with zero attached hydrogens (tertiary/aromatic N) is 1. The molecule has 0 aliphatic carbocycles. The molecule has 2 aromatic heterocycles. The van der Waals surface area contributed by atoms with Crippen LogP contribution in [0.1, 0.15) is 0 Å². The van der Waals surface area contributed by atoms with E-state index in [1.807, 2.05) is 48.7 Å². The molecule has 5 aromatic rings. The quantitative estimate of drug-likeness (QED) is 0.357. The first-order valence-corrected chi connectivity index (χ1v) is 8.98. The summed E-state index contributed by atoms with van der Waals surface area (Å²) < 4.78 is 6.03. The molecule has 0 aliphatic heterocycles.